The summed E-state index contributed by atoms with van der Waals surface area (Å²) in [7, 11) is -1.85. The molecule has 0 fully saturated rings. The Hall–Kier alpha value is -1.37. The van der Waals surface area contributed by atoms with Gasteiger partial charge in [-0.3, -0.25) is 4.35 Å². The van der Waals surface area contributed by atoms with E-state index in [1.54, 1.807) is 4.35 Å². The van der Waals surface area contributed by atoms with Crippen LogP contribution in [0.3, 0.4) is 0 Å². The van der Waals surface area contributed by atoms with E-state index in [-0.39, 0.29) is 0 Å². The topological polar surface area (TPSA) is 30.7 Å². The van der Waals surface area contributed by atoms with Gasteiger partial charge in [-0.2, -0.15) is 13.2 Å². The van der Waals surface area contributed by atoms with E-state index < -0.39 is 20.0 Å². The normalized spacial score (nSPS) is 13.3. The Balaban J connectivity index is 2.67. The van der Waals surface area contributed by atoms with Crippen LogP contribution in [0.5, 0.6) is 0 Å². The van der Waals surface area contributed by atoms with Crippen molar-refractivity contribution in [2.45, 2.75) is 25.8 Å². The lowest BCUT2D eigenvalue weighted by Crippen LogP contribution is -2.33. The summed E-state index contributed by atoms with van der Waals surface area (Å²) in [5, 5.41) is 7.84. The average Bonchev–Trinajstić information content (AvgIpc) is 2.57. The summed E-state index contributed by atoms with van der Waals surface area (Å²) in [4.78, 5) is 0. The molecular weight excluding hydrogens is 247 g/mol. The van der Waals surface area contributed by atoms with E-state index in [0.717, 1.165) is 12.1 Å². The van der Waals surface area contributed by atoms with Crippen molar-refractivity contribution < 1.29 is 13.2 Å². The summed E-state index contributed by atoms with van der Waals surface area (Å²) >= 11 is 0. The highest BCUT2D eigenvalue weighted by Gasteiger charge is 2.31. The second-order valence-electron chi connectivity index (χ2n) is 4.87. The lowest BCUT2D eigenvalue weighted by Gasteiger charge is -2.17. The fourth-order valence-corrected chi connectivity index (χ4v) is 2.81. The molecule has 2 aromatic rings. The van der Waals surface area contributed by atoms with Crippen molar-refractivity contribution >= 4 is 19.3 Å². The molecule has 2 rings (SSSR count). The van der Waals surface area contributed by atoms with Crippen LogP contribution in [0.2, 0.25) is 19.6 Å². The Labute approximate surface area is 97.3 Å². The van der Waals surface area contributed by atoms with Gasteiger partial charge in [0.1, 0.15) is 5.52 Å². The van der Waals surface area contributed by atoms with Gasteiger partial charge in [-0.25, -0.2) is 0 Å². The van der Waals surface area contributed by atoms with Crippen molar-refractivity contribution in [1.29, 1.82) is 0 Å². The van der Waals surface area contributed by atoms with Crippen molar-refractivity contribution in [3.63, 3.8) is 0 Å². The SMILES string of the molecule is C[Si](C)(C)n1nnc2ccc(C(F)(F)F)cc21. The van der Waals surface area contributed by atoms with Crippen molar-refractivity contribution in [1.82, 2.24) is 14.7 Å². The molecule has 0 aliphatic rings. The van der Waals surface area contributed by atoms with Crippen molar-refractivity contribution in [2.24, 2.45) is 0 Å². The van der Waals surface area contributed by atoms with Crippen molar-refractivity contribution in [3.05, 3.63) is 23.8 Å². The molecule has 0 amide bonds. The van der Waals surface area contributed by atoms with Crippen LogP contribution in [-0.4, -0.2) is 22.9 Å². The molecule has 1 aromatic heterocycles. The molecule has 0 saturated carbocycles. The van der Waals surface area contributed by atoms with Gasteiger partial charge in [0.15, 0.2) is 8.24 Å². The predicted octanol–water partition coefficient (Wildman–Crippen LogP) is 3.13. The van der Waals surface area contributed by atoms with Crippen molar-refractivity contribution in [2.75, 3.05) is 0 Å². The van der Waals surface area contributed by atoms with Gasteiger partial charge in [0, 0.05) is 0 Å². The Morgan fingerprint density at radius 1 is 1.18 bits per heavy atom. The number of alkyl halides is 3. The largest absolute Gasteiger partial charge is 0.416 e. The van der Waals surface area contributed by atoms with Crippen LogP contribution in [0.1, 0.15) is 5.56 Å². The number of halogens is 3. The Kier molecular flexibility index (Phi) is 2.53. The van der Waals surface area contributed by atoms with Crippen LogP contribution in [0.15, 0.2) is 18.2 Å². The van der Waals surface area contributed by atoms with Crippen molar-refractivity contribution in [3.8, 4) is 0 Å². The molecule has 0 radical (unpaired) electrons. The second-order valence-corrected chi connectivity index (χ2v) is 9.64. The van der Waals surface area contributed by atoms with Gasteiger partial charge in [-0.1, -0.05) is 5.21 Å². The summed E-state index contributed by atoms with van der Waals surface area (Å²) in [5.41, 5.74) is 0.297. The van der Waals surface area contributed by atoms with E-state index in [9.17, 15) is 13.2 Å². The molecule has 92 valence electrons. The number of benzene rings is 1. The van der Waals surface area contributed by atoms with E-state index in [4.69, 9.17) is 0 Å². The smallest absolute Gasteiger partial charge is 0.275 e. The van der Waals surface area contributed by atoms with Gasteiger partial charge in [-0.05, 0) is 37.8 Å². The quantitative estimate of drug-likeness (QED) is 0.737. The van der Waals surface area contributed by atoms with E-state index in [1.165, 1.54) is 6.07 Å². The van der Waals surface area contributed by atoms with Crippen LogP contribution in [0.25, 0.3) is 11.0 Å². The monoisotopic (exact) mass is 259 g/mol. The molecular formula is C10H12F3N3Si. The number of aromatic nitrogens is 3. The maximum Gasteiger partial charge on any atom is 0.416 e. The summed E-state index contributed by atoms with van der Waals surface area (Å²) < 4.78 is 39.5. The number of rotatable bonds is 1. The second kappa shape index (κ2) is 3.56. The minimum Gasteiger partial charge on any atom is -0.275 e. The fraction of sp³-hybridized carbons (Fsp3) is 0.400. The third-order valence-electron chi connectivity index (χ3n) is 2.41. The zero-order valence-electron chi connectivity index (χ0n) is 9.71. The first-order valence-corrected chi connectivity index (χ1v) is 8.57. The van der Waals surface area contributed by atoms with E-state index in [2.05, 4.69) is 10.3 Å². The highest BCUT2D eigenvalue weighted by atomic mass is 28.3. The average molecular weight is 259 g/mol. The third-order valence-corrected chi connectivity index (χ3v) is 4.01. The molecule has 0 aliphatic carbocycles. The van der Waals surface area contributed by atoms with Crippen LogP contribution in [0.4, 0.5) is 13.2 Å². The van der Waals surface area contributed by atoms with Crippen LogP contribution in [0, 0.1) is 0 Å². The maximum absolute atomic E-state index is 12.6. The number of nitrogens with zero attached hydrogens (tertiary/aromatic N) is 3. The Morgan fingerprint density at radius 2 is 1.82 bits per heavy atom. The molecule has 1 heterocycles. The first-order valence-electron chi connectivity index (χ1n) is 5.13. The molecule has 0 atom stereocenters. The minimum atomic E-state index is -4.33. The molecule has 0 bridgehead atoms. The lowest BCUT2D eigenvalue weighted by atomic mass is 10.2. The summed E-state index contributed by atoms with van der Waals surface area (Å²) in [6.07, 6.45) is -4.33. The molecule has 17 heavy (non-hydrogen) atoms. The highest BCUT2D eigenvalue weighted by molar-refractivity contribution is 6.74. The Bertz CT molecular complexity index is 554. The zero-order chi connectivity index (χ0) is 12.8. The van der Waals surface area contributed by atoms with Gasteiger partial charge in [0.2, 0.25) is 0 Å². The van der Waals surface area contributed by atoms with E-state index in [0.29, 0.717) is 11.0 Å². The summed E-state index contributed by atoms with van der Waals surface area (Å²) in [6, 6.07) is 3.51. The first kappa shape index (κ1) is 12.1. The highest BCUT2D eigenvalue weighted by Crippen LogP contribution is 2.31. The van der Waals surface area contributed by atoms with Gasteiger partial charge < -0.3 is 0 Å². The molecule has 3 nitrogen and oxygen atoms in total. The van der Waals surface area contributed by atoms with Gasteiger partial charge in [0.25, 0.3) is 0 Å². The first-order chi connectivity index (χ1) is 7.69. The molecule has 0 spiro atoms. The predicted molar refractivity (Wildman–Crippen MR) is 61.3 cm³/mol. The number of hydrogen-bond acceptors (Lipinski definition) is 2. The number of hydrogen-bond donors (Lipinski definition) is 0. The maximum atomic E-state index is 12.6. The number of fused-ring (bicyclic) bond motifs is 1. The molecule has 7 heteroatoms. The Morgan fingerprint density at radius 3 is 2.35 bits per heavy atom. The van der Waals surface area contributed by atoms with Gasteiger partial charge in [-0.15, -0.1) is 5.10 Å². The molecule has 0 N–H and O–H groups in total. The van der Waals surface area contributed by atoms with Crippen LogP contribution in [-0.2, 0) is 6.18 Å². The zero-order valence-corrected chi connectivity index (χ0v) is 10.7. The molecule has 1 aromatic carbocycles. The summed E-state index contributed by atoms with van der Waals surface area (Å²) in [6.45, 7) is 6.00. The van der Waals surface area contributed by atoms with Crippen LogP contribution >= 0.6 is 0 Å². The lowest BCUT2D eigenvalue weighted by molar-refractivity contribution is -0.137. The van der Waals surface area contributed by atoms with Gasteiger partial charge >= 0.3 is 6.18 Å². The standard InChI is InChI=1S/C10H12F3N3Si/c1-17(2,3)16-9-6-7(10(11,12)13)4-5-8(9)14-15-16/h4-6H,1-3H3. The van der Waals surface area contributed by atoms with Crippen LogP contribution < -0.4 is 0 Å². The minimum absolute atomic E-state index is 0.457. The molecule has 0 unspecified atom stereocenters. The third kappa shape index (κ3) is 2.19. The van der Waals surface area contributed by atoms with E-state index >= 15 is 0 Å². The summed E-state index contributed by atoms with van der Waals surface area (Å²) in [5.74, 6) is 0. The van der Waals surface area contributed by atoms with E-state index in [1.807, 2.05) is 19.6 Å². The fourth-order valence-electron chi connectivity index (χ4n) is 1.59. The van der Waals surface area contributed by atoms with Gasteiger partial charge in [0.05, 0.1) is 11.1 Å². The molecule has 0 aliphatic heterocycles. The molecule has 0 saturated heterocycles.